The number of hydrogen-bond acceptors (Lipinski definition) is 8. The molecule has 0 spiro atoms. The van der Waals surface area contributed by atoms with Crippen LogP contribution in [0.25, 0.3) is 0 Å². The topological polar surface area (TPSA) is 107 Å². The Morgan fingerprint density at radius 2 is 1.81 bits per heavy atom. The molecule has 0 bridgehead atoms. The minimum Gasteiger partial charge on any atom is -0.465 e. The molecule has 188 valence electrons. The molecule has 2 aliphatic rings. The summed E-state index contributed by atoms with van der Waals surface area (Å²) >= 11 is 1.23. The predicted molar refractivity (Wildman–Crippen MR) is 139 cm³/mol. The summed E-state index contributed by atoms with van der Waals surface area (Å²) in [4.78, 5) is 44.3. The van der Waals surface area contributed by atoms with Crippen LogP contribution in [-0.4, -0.2) is 47.0 Å². The Morgan fingerprint density at radius 1 is 1.05 bits per heavy atom. The molecule has 0 aromatic heterocycles. The van der Waals surface area contributed by atoms with Crippen molar-refractivity contribution in [2.24, 2.45) is 4.99 Å². The van der Waals surface area contributed by atoms with Gasteiger partial charge in [0.2, 0.25) is 18.6 Å². The summed E-state index contributed by atoms with van der Waals surface area (Å²) in [5, 5.41) is 2.58. The van der Waals surface area contributed by atoms with Gasteiger partial charge in [-0.2, -0.15) is 0 Å². The zero-order valence-corrected chi connectivity index (χ0v) is 20.7. The Morgan fingerprint density at radius 3 is 2.57 bits per heavy atom. The molecular formula is C27H23N3O6S. The number of nitrogens with zero attached hydrogens (tertiary/aromatic N) is 2. The van der Waals surface area contributed by atoms with Crippen LogP contribution in [0.15, 0.2) is 77.8 Å². The maximum atomic E-state index is 13.3. The lowest BCUT2D eigenvalue weighted by Crippen LogP contribution is -2.44. The highest BCUT2D eigenvalue weighted by Crippen LogP contribution is 2.35. The zero-order valence-electron chi connectivity index (χ0n) is 19.9. The van der Waals surface area contributed by atoms with Gasteiger partial charge in [-0.25, -0.2) is 9.79 Å². The first-order chi connectivity index (χ1) is 18.0. The van der Waals surface area contributed by atoms with Gasteiger partial charge in [0, 0.05) is 12.1 Å². The van der Waals surface area contributed by atoms with Crippen molar-refractivity contribution >= 4 is 46.1 Å². The van der Waals surface area contributed by atoms with Crippen molar-refractivity contribution < 1.29 is 28.6 Å². The van der Waals surface area contributed by atoms with Crippen LogP contribution in [0, 0.1) is 0 Å². The van der Waals surface area contributed by atoms with Crippen molar-refractivity contribution in [2.75, 3.05) is 19.2 Å². The van der Waals surface area contributed by atoms with Gasteiger partial charge in [-0.05, 0) is 54.1 Å². The summed E-state index contributed by atoms with van der Waals surface area (Å²) in [6, 6.07) is 21.2. The summed E-state index contributed by atoms with van der Waals surface area (Å²) < 4.78 is 15.6. The molecule has 10 heteroatoms. The molecule has 0 unspecified atom stereocenters. The first-order valence-electron chi connectivity index (χ1n) is 11.5. The molecule has 37 heavy (non-hydrogen) atoms. The number of fused-ring (bicyclic) bond motifs is 1. The molecule has 0 aliphatic carbocycles. The van der Waals surface area contributed by atoms with E-state index in [0.717, 1.165) is 5.56 Å². The molecule has 0 radical (unpaired) electrons. The molecule has 1 N–H and O–H groups in total. The lowest BCUT2D eigenvalue weighted by atomic mass is 10.1. The molecule has 3 aromatic rings. The first-order valence-corrected chi connectivity index (χ1v) is 12.4. The lowest BCUT2D eigenvalue weighted by Gasteiger charge is -2.32. The molecule has 2 amide bonds. The Kier molecular flexibility index (Phi) is 7.09. The Hall–Kier alpha value is -4.31. The number of carbonyl (C=O) groups is 3. The maximum Gasteiger partial charge on any atom is 0.337 e. The fourth-order valence-electron chi connectivity index (χ4n) is 3.86. The average Bonchev–Trinajstić information content (AvgIpc) is 3.39. The van der Waals surface area contributed by atoms with E-state index in [1.54, 1.807) is 29.2 Å². The molecule has 1 atom stereocenters. The van der Waals surface area contributed by atoms with E-state index in [2.05, 4.69) is 5.32 Å². The van der Waals surface area contributed by atoms with Crippen molar-refractivity contribution in [1.29, 1.82) is 0 Å². The minimum absolute atomic E-state index is 0.00903. The highest BCUT2D eigenvalue weighted by atomic mass is 32.2. The van der Waals surface area contributed by atoms with E-state index in [9.17, 15) is 14.4 Å². The zero-order chi connectivity index (χ0) is 25.8. The molecule has 9 nitrogen and oxygen atoms in total. The van der Waals surface area contributed by atoms with Crippen LogP contribution in [0.4, 0.5) is 11.4 Å². The summed E-state index contributed by atoms with van der Waals surface area (Å²) in [6.45, 7) is 0.442. The Labute approximate surface area is 217 Å². The number of carbonyl (C=O) groups excluding carboxylic acids is 3. The number of hydrogen-bond donors (Lipinski definition) is 1. The van der Waals surface area contributed by atoms with Crippen molar-refractivity contribution in [2.45, 2.75) is 18.2 Å². The largest absolute Gasteiger partial charge is 0.465 e. The number of esters is 1. The van der Waals surface area contributed by atoms with E-state index in [4.69, 9.17) is 19.2 Å². The number of anilines is 1. The number of ether oxygens (including phenoxy) is 3. The standard InChI is InChI=1S/C27H23N3O6S/c1-34-26(33)18-8-10-20(11-9-18)28-25(32)23-14-24(31)30(27(37-23)29-19-5-3-2-4-6-19)15-17-7-12-21-22(13-17)36-16-35-21/h2-13,23H,14-16H2,1H3,(H,28,32)/t23-/m1/s1. The number of para-hydroxylation sites is 1. The van der Waals surface area contributed by atoms with Crippen molar-refractivity contribution in [3.8, 4) is 11.5 Å². The van der Waals surface area contributed by atoms with Crippen LogP contribution in [0.3, 0.4) is 0 Å². The van der Waals surface area contributed by atoms with Crippen molar-refractivity contribution in [3.05, 3.63) is 83.9 Å². The molecule has 2 aliphatic heterocycles. The SMILES string of the molecule is COC(=O)c1ccc(NC(=O)[C@H]2CC(=O)N(Cc3ccc4c(c3)OCO4)C(=Nc3ccccc3)S2)cc1. The molecule has 2 heterocycles. The number of methoxy groups -OCH3 is 1. The van der Waals surface area contributed by atoms with Gasteiger partial charge in [-0.1, -0.05) is 36.0 Å². The highest BCUT2D eigenvalue weighted by molar-refractivity contribution is 8.15. The summed E-state index contributed by atoms with van der Waals surface area (Å²) in [6.07, 6.45) is 0.00903. The van der Waals surface area contributed by atoms with Crippen molar-refractivity contribution in [1.82, 2.24) is 4.90 Å². The molecule has 3 aromatic carbocycles. The van der Waals surface area contributed by atoms with Gasteiger partial charge in [0.25, 0.3) is 0 Å². The quantitative estimate of drug-likeness (QED) is 0.484. The number of rotatable bonds is 6. The second kappa shape index (κ2) is 10.8. The second-order valence-corrected chi connectivity index (χ2v) is 9.44. The number of amidine groups is 1. The van der Waals surface area contributed by atoms with Gasteiger partial charge in [0.05, 0.1) is 24.9 Å². The smallest absolute Gasteiger partial charge is 0.337 e. The number of nitrogens with one attached hydrogen (secondary N) is 1. The normalized spacial score (nSPS) is 17.5. The van der Waals surface area contributed by atoms with Crippen LogP contribution in [0.2, 0.25) is 0 Å². The summed E-state index contributed by atoms with van der Waals surface area (Å²) in [7, 11) is 1.31. The van der Waals surface area contributed by atoms with Gasteiger partial charge < -0.3 is 19.5 Å². The molecule has 5 rings (SSSR count). The number of aliphatic imine (C=N–C) groups is 1. The van der Waals surface area contributed by atoms with E-state index >= 15 is 0 Å². The molecule has 0 saturated carbocycles. The van der Waals surface area contributed by atoms with Crippen LogP contribution in [0.1, 0.15) is 22.3 Å². The summed E-state index contributed by atoms with van der Waals surface area (Å²) in [5.41, 5.74) is 2.41. The van der Waals surface area contributed by atoms with Gasteiger partial charge in [0.1, 0.15) is 5.25 Å². The number of amides is 2. The van der Waals surface area contributed by atoms with Gasteiger partial charge in [-0.15, -0.1) is 0 Å². The van der Waals surface area contributed by atoms with E-state index in [-0.39, 0.29) is 31.6 Å². The summed E-state index contributed by atoms with van der Waals surface area (Å²) in [5.74, 6) is 0.292. The van der Waals surface area contributed by atoms with Crippen molar-refractivity contribution in [3.63, 3.8) is 0 Å². The van der Waals surface area contributed by atoms with E-state index in [1.165, 1.54) is 18.9 Å². The van der Waals surface area contributed by atoms with E-state index in [0.29, 0.717) is 33.6 Å². The molecule has 1 saturated heterocycles. The van der Waals surface area contributed by atoms with Crippen LogP contribution in [-0.2, 0) is 20.9 Å². The first kappa shape index (κ1) is 24.4. The molecular weight excluding hydrogens is 494 g/mol. The van der Waals surface area contributed by atoms with Crippen LogP contribution >= 0.6 is 11.8 Å². The third-order valence-electron chi connectivity index (χ3n) is 5.76. The Bertz CT molecular complexity index is 1360. The monoisotopic (exact) mass is 517 g/mol. The average molecular weight is 518 g/mol. The third-order valence-corrected chi connectivity index (χ3v) is 6.95. The van der Waals surface area contributed by atoms with Gasteiger partial charge in [-0.3, -0.25) is 14.5 Å². The van der Waals surface area contributed by atoms with Crippen LogP contribution < -0.4 is 14.8 Å². The lowest BCUT2D eigenvalue weighted by molar-refractivity contribution is -0.129. The van der Waals surface area contributed by atoms with Crippen LogP contribution in [0.5, 0.6) is 11.5 Å². The molecule has 1 fully saturated rings. The van der Waals surface area contributed by atoms with Gasteiger partial charge in [0.15, 0.2) is 16.7 Å². The fourth-order valence-corrected chi connectivity index (χ4v) is 4.96. The van der Waals surface area contributed by atoms with E-state index in [1.807, 2.05) is 48.5 Å². The number of thioether (sulfide) groups is 1. The van der Waals surface area contributed by atoms with Gasteiger partial charge >= 0.3 is 5.97 Å². The van der Waals surface area contributed by atoms with E-state index < -0.39 is 11.2 Å². The predicted octanol–water partition coefficient (Wildman–Crippen LogP) is 4.36. The fraction of sp³-hybridized carbons (Fsp3) is 0.185. The second-order valence-electron chi connectivity index (χ2n) is 8.27. The highest BCUT2D eigenvalue weighted by Gasteiger charge is 2.36. The Balaban J connectivity index is 1.35. The third kappa shape index (κ3) is 5.59. The number of benzene rings is 3. The maximum absolute atomic E-state index is 13.3. The minimum atomic E-state index is -0.678.